The van der Waals surface area contributed by atoms with Crippen LogP contribution in [0.15, 0.2) is 41.5 Å². The summed E-state index contributed by atoms with van der Waals surface area (Å²) in [7, 11) is 0. The number of ether oxygens (including phenoxy) is 1. The normalized spacial score (nSPS) is 33.4. The molecule has 0 radical (unpaired) electrons. The summed E-state index contributed by atoms with van der Waals surface area (Å²) in [4.78, 5) is 17.7. The number of hydrogen-bond donors (Lipinski definition) is 0. The molecule has 2 aliphatic heterocycles. The van der Waals surface area contributed by atoms with Gasteiger partial charge in [-0.15, -0.1) is 0 Å². The maximum absolute atomic E-state index is 12.9. The number of halogens is 1. The lowest BCUT2D eigenvalue weighted by Gasteiger charge is -2.43. The first-order valence-corrected chi connectivity index (χ1v) is 12.1. The largest absolute Gasteiger partial charge is 0.461 e. The van der Waals surface area contributed by atoms with E-state index in [-0.39, 0.29) is 29.3 Å². The Morgan fingerprint density at radius 3 is 2.74 bits per heavy atom. The number of carbonyl (C=O) groups is 1. The van der Waals surface area contributed by atoms with Gasteiger partial charge in [0.05, 0.1) is 5.92 Å². The van der Waals surface area contributed by atoms with E-state index in [1.54, 1.807) is 0 Å². The van der Waals surface area contributed by atoms with Crippen LogP contribution in [0.4, 0.5) is 5.69 Å². The van der Waals surface area contributed by atoms with E-state index in [2.05, 4.69) is 54.9 Å². The fourth-order valence-corrected chi connectivity index (χ4v) is 6.38. The number of esters is 1. The molecule has 0 N–H and O–H groups in total. The average Bonchev–Trinajstić information content (AvgIpc) is 3.02. The number of hydrogen-bond acceptors (Lipinski definition) is 4. The minimum atomic E-state index is -0.0452. The van der Waals surface area contributed by atoms with Gasteiger partial charge in [0.15, 0.2) is 0 Å². The van der Waals surface area contributed by atoms with Crippen LogP contribution in [0.3, 0.4) is 0 Å². The molecule has 0 unspecified atom stereocenters. The van der Waals surface area contributed by atoms with E-state index in [0.29, 0.717) is 0 Å². The molecule has 4 atom stereocenters. The first-order chi connectivity index (χ1) is 14.8. The van der Waals surface area contributed by atoms with Crippen LogP contribution in [-0.2, 0) is 9.53 Å². The van der Waals surface area contributed by atoms with E-state index in [1.807, 2.05) is 6.07 Å². The van der Waals surface area contributed by atoms with E-state index < -0.39 is 0 Å². The summed E-state index contributed by atoms with van der Waals surface area (Å²) in [5.41, 5.74) is 5.51. The highest BCUT2D eigenvalue weighted by molar-refractivity contribution is 6.30. The highest BCUT2D eigenvalue weighted by Gasteiger charge is 2.51. The van der Waals surface area contributed by atoms with Crippen LogP contribution in [0.5, 0.6) is 0 Å². The summed E-state index contributed by atoms with van der Waals surface area (Å²) < 4.78 is 5.93. The first kappa shape index (κ1) is 21.1. The topological polar surface area (TPSA) is 32.8 Å². The lowest BCUT2D eigenvalue weighted by atomic mass is 9.62. The van der Waals surface area contributed by atoms with Gasteiger partial charge in [0.2, 0.25) is 0 Å². The number of piperazine rings is 1. The van der Waals surface area contributed by atoms with Crippen LogP contribution in [0, 0.1) is 24.2 Å². The molecule has 2 fully saturated rings. The molecule has 2 aliphatic carbocycles. The van der Waals surface area contributed by atoms with Gasteiger partial charge in [-0.2, -0.15) is 0 Å². The molecule has 2 saturated heterocycles. The Morgan fingerprint density at radius 2 is 1.97 bits per heavy atom. The van der Waals surface area contributed by atoms with E-state index in [0.717, 1.165) is 57.0 Å². The van der Waals surface area contributed by atoms with E-state index in [4.69, 9.17) is 16.3 Å². The van der Waals surface area contributed by atoms with Crippen LogP contribution in [0.2, 0.25) is 5.02 Å². The summed E-state index contributed by atoms with van der Waals surface area (Å²) >= 11 is 6.23. The summed E-state index contributed by atoms with van der Waals surface area (Å²) in [6.45, 7) is 11.3. The SMILES string of the molecule is CC1=CCC[C@]2(C)C[C@H]3OC(=O)[C@@H](CN4CCN(c5cc(Cl)ccc5C)CC4)[C@@H]3C=C12. The van der Waals surface area contributed by atoms with Gasteiger partial charge in [-0.1, -0.05) is 42.3 Å². The van der Waals surface area contributed by atoms with Crippen molar-refractivity contribution in [3.8, 4) is 0 Å². The second kappa shape index (κ2) is 7.97. The van der Waals surface area contributed by atoms with Gasteiger partial charge >= 0.3 is 5.97 Å². The molecule has 31 heavy (non-hydrogen) atoms. The molecule has 4 aliphatic rings. The van der Waals surface area contributed by atoms with E-state index in [1.165, 1.54) is 22.4 Å². The molecular formula is C26H33ClN2O2. The van der Waals surface area contributed by atoms with Gasteiger partial charge < -0.3 is 9.64 Å². The second-order valence-electron chi connectivity index (χ2n) is 10.1. The average molecular weight is 441 g/mol. The number of aryl methyl sites for hydroxylation is 1. The number of benzene rings is 1. The first-order valence-electron chi connectivity index (χ1n) is 11.7. The minimum absolute atomic E-state index is 0.00356. The Kier molecular flexibility index (Phi) is 5.42. The van der Waals surface area contributed by atoms with Crippen molar-refractivity contribution < 1.29 is 9.53 Å². The van der Waals surface area contributed by atoms with Crippen molar-refractivity contribution in [2.45, 2.75) is 46.1 Å². The van der Waals surface area contributed by atoms with Gasteiger partial charge in [0, 0.05) is 49.4 Å². The van der Waals surface area contributed by atoms with Crippen LogP contribution in [0.25, 0.3) is 0 Å². The van der Waals surface area contributed by atoms with Crippen molar-refractivity contribution in [2.75, 3.05) is 37.6 Å². The predicted molar refractivity (Wildman–Crippen MR) is 126 cm³/mol. The number of rotatable bonds is 3. The third-order valence-electron chi connectivity index (χ3n) is 8.04. The van der Waals surface area contributed by atoms with Crippen molar-refractivity contribution in [3.63, 3.8) is 0 Å². The molecule has 1 aromatic carbocycles. The zero-order valence-electron chi connectivity index (χ0n) is 18.9. The van der Waals surface area contributed by atoms with Gasteiger partial charge in [0.1, 0.15) is 6.10 Å². The predicted octanol–water partition coefficient (Wildman–Crippen LogP) is 5.00. The third kappa shape index (κ3) is 3.82. The Bertz CT molecular complexity index is 947. The Balaban J connectivity index is 1.28. The fourth-order valence-electron chi connectivity index (χ4n) is 6.21. The molecule has 4 nitrogen and oxygen atoms in total. The highest BCUT2D eigenvalue weighted by atomic mass is 35.5. The van der Waals surface area contributed by atoms with Crippen LogP contribution < -0.4 is 4.90 Å². The number of anilines is 1. The standard InChI is InChI=1S/C26H33ClN2O2/c1-17-5-4-8-26(3)15-24-20(14-22(17)26)21(25(30)31-24)16-28-9-11-29(12-10-28)23-13-19(27)7-6-18(23)2/h5-7,13-14,20-21,24H,4,8-12,15-16H2,1-3H3/t20-,21-,24+,26+/m0/s1. The van der Waals surface area contributed by atoms with Crippen LogP contribution >= 0.6 is 11.6 Å². The summed E-state index contributed by atoms with van der Waals surface area (Å²) in [6, 6.07) is 6.10. The molecule has 2 heterocycles. The number of carbonyl (C=O) groups excluding carboxylic acids is 1. The summed E-state index contributed by atoms with van der Waals surface area (Å²) in [5, 5.41) is 0.784. The van der Waals surface area contributed by atoms with E-state index in [9.17, 15) is 4.79 Å². The Labute approximate surface area is 190 Å². The van der Waals surface area contributed by atoms with Crippen LogP contribution in [0.1, 0.15) is 38.7 Å². The molecule has 0 spiro atoms. The fraction of sp³-hybridized carbons (Fsp3) is 0.577. The lowest BCUT2D eigenvalue weighted by molar-refractivity contribution is -0.145. The molecule has 5 rings (SSSR count). The minimum Gasteiger partial charge on any atom is -0.461 e. The second-order valence-corrected chi connectivity index (χ2v) is 10.6. The number of allylic oxidation sites excluding steroid dienone is 3. The Hall–Kier alpha value is -1.78. The number of fused-ring (bicyclic) bond motifs is 2. The molecule has 0 amide bonds. The molecule has 0 aromatic heterocycles. The summed E-state index contributed by atoms with van der Waals surface area (Å²) in [5.74, 6) is 0.172. The molecule has 1 aromatic rings. The van der Waals surface area contributed by atoms with Gasteiger partial charge in [-0.3, -0.25) is 9.69 Å². The van der Waals surface area contributed by atoms with Crippen molar-refractivity contribution in [1.29, 1.82) is 0 Å². The van der Waals surface area contributed by atoms with Gasteiger partial charge in [0.25, 0.3) is 0 Å². The molecule has 0 saturated carbocycles. The molecule has 0 bridgehead atoms. The van der Waals surface area contributed by atoms with Crippen molar-refractivity contribution in [2.24, 2.45) is 17.3 Å². The quantitative estimate of drug-likeness (QED) is 0.619. The molecule has 5 heteroatoms. The Morgan fingerprint density at radius 1 is 1.19 bits per heavy atom. The maximum atomic E-state index is 12.9. The van der Waals surface area contributed by atoms with Gasteiger partial charge in [-0.25, -0.2) is 0 Å². The van der Waals surface area contributed by atoms with Crippen molar-refractivity contribution in [1.82, 2.24) is 4.90 Å². The maximum Gasteiger partial charge on any atom is 0.311 e. The third-order valence-corrected chi connectivity index (χ3v) is 8.27. The summed E-state index contributed by atoms with van der Waals surface area (Å²) in [6.07, 6.45) is 8.07. The van der Waals surface area contributed by atoms with Crippen LogP contribution in [-0.4, -0.2) is 49.7 Å². The number of nitrogens with zero attached hydrogens (tertiary/aromatic N) is 2. The smallest absolute Gasteiger partial charge is 0.311 e. The monoisotopic (exact) mass is 440 g/mol. The van der Waals surface area contributed by atoms with Gasteiger partial charge in [-0.05, 0) is 61.8 Å². The molecular weight excluding hydrogens is 408 g/mol. The highest BCUT2D eigenvalue weighted by Crippen LogP contribution is 2.52. The van der Waals surface area contributed by atoms with Crippen molar-refractivity contribution >= 4 is 23.3 Å². The zero-order chi connectivity index (χ0) is 21.8. The van der Waals surface area contributed by atoms with E-state index >= 15 is 0 Å². The molecule has 166 valence electrons. The zero-order valence-corrected chi connectivity index (χ0v) is 19.6. The van der Waals surface area contributed by atoms with Crippen molar-refractivity contribution in [3.05, 3.63) is 52.1 Å². The lowest BCUT2D eigenvalue weighted by Crippen LogP contribution is -2.49.